The summed E-state index contributed by atoms with van der Waals surface area (Å²) in [6.45, 7) is 2.93. The van der Waals surface area contributed by atoms with Gasteiger partial charge in [-0.3, -0.25) is 14.4 Å². The van der Waals surface area contributed by atoms with Crippen molar-refractivity contribution in [2.45, 2.75) is 110 Å². The molecule has 2 amide bonds. The van der Waals surface area contributed by atoms with E-state index in [4.69, 9.17) is 0 Å². The zero-order valence-corrected chi connectivity index (χ0v) is 17.5. The van der Waals surface area contributed by atoms with E-state index in [1.54, 1.807) is 6.29 Å². The maximum atomic E-state index is 11.7. The molecule has 0 aliphatic heterocycles. The molecule has 0 unspecified atom stereocenters. The van der Waals surface area contributed by atoms with Crippen LogP contribution in [0.4, 0.5) is 0 Å². The van der Waals surface area contributed by atoms with E-state index in [-0.39, 0.29) is 24.7 Å². The lowest BCUT2D eigenvalue weighted by Crippen LogP contribution is -2.31. The highest BCUT2D eigenvalue weighted by molar-refractivity contribution is 5.79. The lowest BCUT2D eigenvalue weighted by Gasteiger charge is -2.06. The zero-order chi connectivity index (χ0) is 20.0. The van der Waals surface area contributed by atoms with Crippen LogP contribution in [0, 0.1) is 0 Å². The Bertz CT molecular complexity index is 373. The lowest BCUT2D eigenvalue weighted by atomic mass is 10.0. The first-order valence-corrected chi connectivity index (χ1v) is 11.1. The van der Waals surface area contributed by atoms with Crippen molar-refractivity contribution in [3.05, 3.63) is 0 Å². The van der Waals surface area contributed by atoms with Crippen LogP contribution in [0.3, 0.4) is 0 Å². The molecule has 0 atom stereocenters. The number of carbonyl (C=O) groups is 2. The van der Waals surface area contributed by atoms with Gasteiger partial charge in [-0.05, 0) is 6.42 Å². The van der Waals surface area contributed by atoms with Crippen LogP contribution in [0.1, 0.15) is 110 Å². The molecule has 0 aliphatic carbocycles. The van der Waals surface area contributed by atoms with Gasteiger partial charge in [0, 0.05) is 32.4 Å². The molecule has 5 nitrogen and oxygen atoms in total. The van der Waals surface area contributed by atoms with Gasteiger partial charge in [-0.2, -0.15) is 0 Å². The quantitative estimate of drug-likeness (QED) is 0.303. The van der Waals surface area contributed by atoms with Crippen LogP contribution in [-0.4, -0.2) is 31.2 Å². The Morgan fingerprint density at radius 2 is 1.07 bits per heavy atom. The third kappa shape index (κ3) is 20.8. The highest BCUT2D eigenvalue weighted by Crippen LogP contribution is 2.12. The summed E-state index contributed by atoms with van der Waals surface area (Å²) in [6, 6.07) is 0. The molecule has 0 aromatic rings. The van der Waals surface area contributed by atoms with Crippen molar-refractivity contribution >= 4 is 18.1 Å². The van der Waals surface area contributed by atoms with E-state index >= 15 is 0 Å². The first kappa shape index (κ1) is 25.6. The second-order valence-electron chi connectivity index (χ2n) is 7.34. The molecule has 5 heteroatoms. The molecule has 0 aliphatic rings. The Balaban J connectivity index is 3.25. The smallest absolute Gasteiger partial charge is 0.221 e. The van der Waals surface area contributed by atoms with E-state index in [9.17, 15) is 14.4 Å². The van der Waals surface area contributed by atoms with Crippen molar-refractivity contribution in [2.75, 3.05) is 13.1 Å². The number of carbonyl (C=O) groups excluding carboxylic acids is 3. The van der Waals surface area contributed by atoms with E-state index in [0.29, 0.717) is 19.5 Å². The minimum atomic E-state index is -0.147. The van der Waals surface area contributed by atoms with Gasteiger partial charge in [0.2, 0.25) is 11.8 Å². The third-order valence-electron chi connectivity index (χ3n) is 4.73. The van der Waals surface area contributed by atoms with Crippen LogP contribution >= 0.6 is 0 Å². The van der Waals surface area contributed by atoms with E-state index in [2.05, 4.69) is 17.6 Å². The average Bonchev–Trinajstić information content (AvgIpc) is 2.65. The van der Waals surface area contributed by atoms with Crippen LogP contribution in [-0.2, 0) is 14.4 Å². The molecule has 0 spiro atoms. The number of hydrogen-bond acceptors (Lipinski definition) is 3. The number of hydrogen-bond donors (Lipinski definition) is 2. The van der Waals surface area contributed by atoms with Crippen molar-refractivity contribution < 1.29 is 14.4 Å². The minimum absolute atomic E-state index is 0.0205. The van der Waals surface area contributed by atoms with Crippen LogP contribution < -0.4 is 10.6 Å². The Kier molecular flexibility index (Phi) is 19.8. The van der Waals surface area contributed by atoms with Gasteiger partial charge < -0.3 is 10.6 Å². The number of unbranched alkanes of at least 4 members (excludes halogenated alkanes) is 12. The van der Waals surface area contributed by atoms with Crippen LogP contribution in [0.5, 0.6) is 0 Å². The molecule has 27 heavy (non-hydrogen) atoms. The van der Waals surface area contributed by atoms with Crippen LogP contribution in [0.25, 0.3) is 0 Å². The summed E-state index contributed by atoms with van der Waals surface area (Å²) in [5, 5.41) is 5.37. The largest absolute Gasteiger partial charge is 0.356 e. The van der Waals surface area contributed by atoms with Crippen molar-refractivity contribution in [3.63, 3.8) is 0 Å². The Morgan fingerprint density at radius 3 is 1.59 bits per heavy atom. The van der Waals surface area contributed by atoms with Gasteiger partial charge in [0.1, 0.15) is 0 Å². The summed E-state index contributed by atoms with van der Waals surface area (Å²) in [6.07, 6.45) is 19.6. The van der Waals surface area contributed by atoms with Gasteiger partial charge in [-0.15, -0.1) is 0 Å². The van der Waals surface area contributed by atoms with Gasteiger partial charge in [-0.1, -0.05) is 84.0 Å². The minimum Gasteiger partial charge on any atom is -0.356 e. The summed E-state index contributed by atoms with van der Waals surface area (Å²) in [5.74, 6) is -0.126. The standard InChI is InChI=1S/C22H41N2O3/c1-2-3-4-5-6-7-8-9-10-11-12-13-14-16-21(26)24-19-17-22(27)23-18-15-20-25/h2-19H2,1H3,(H,23,27)(H,24,26). The van der Waals surface area contributed by atoms with E-state index in [1.165, 1.54) is 70.6 Å². The molecule has 2 N–H and O–H groups in total. The number of rotatable bonds is 20. The lowest BCUT2D eigenvalue weighted by molar-refractivity contribution is -0.122. The fourth-order valence-electron chi connectivity index (χ4n) is 3.05. The predicted octanol–water partition coefficient (Wildman–Crippen LogP) is 4.59. The van der Waals surface area contributed by atoms with Gasteiger partial charge in [0.25, 0.3) is 0 Å². The maximum absolute atomic E-state index is 11.7. The highest BCUT2D eigenvalue weighted by Gasteiger charge is 2.04. The molecule has 0 saturated carbocycles. The molecular formula is C22H41N2O3. The third-order valence-corrected chi connectivity index (χ3v) is 4.73. The van der Waals surface area contributed by atoms with Crippen LogP contribution in [0.2, 0.25) is 0 Å². The number of amides is 2. The molecule has 0 aromatic carbocycles. The Hall–Kier alpha value is -1.39. The maximum Gasteiger partial charge on any atom is 0.221 e. The van der Waals surface area contributed by atoms with Crippen molar-refractivity contribution in [3.8, 4) is 0 Å². The van der Waals surface area contributed by atoms with Gasteiger partial charge in [0.15, 0.2) is 6.29 Å². The summed E-state index contributed by atoms with van der Waals surface area (Å²) < 4.78 is 0. The van der Waals surface area contributed by atoms with Crippen molar-refractivity contribution in [1.29, 1.82) is 0 Å². The second kappa shape index (κ2) is 20.9. The van der Waals surface area contributed by atoms with E-state index < -0.39 is 0 Å². The molecule has 0 saturated heterocycles. The number of nitrogens with one attached hydrogen (secondary N) is 2. The summed E-state index contributed by atoms with van der Waals surface area (Å²) >= 11 is 0. The monoisotopic (exact) mass is 381 g/mol. The van der Waals surface area contributed by atoms with Crippen molar-refractivity contribution in [2.24, 2.45) is 0 Å². The summed E-state index contributed by atoms with van der Waals surface area (Å²) in [4.78, 5) is 33.1. The predicted molar refractivity (Wildman–Crippen MR) is 111 cm³/mol. The van der Waals surface area contributed by atoms with Gasteiger partial charge >= 0.3 is 0 Å². The molecule has 0 rings (SSSR count). The second-order valence-corrected chi connectivity index (χ2v) is 7.34. The first-order chi connectivity index (χ1) is 13.2. The first-order valence-electron chi connectivity index (χ1n) is 11.1. The average molecular weight is 382 g/mol. The fourth-order valence-corrected chi connectivity index (χ4v) is 3.05. The van der Waals surface area contributed by atoms with Gasteiger partial charge in [-0.25, -0.2) is 0 Å². The molecule has 0 bridgehead atoms. The highest BCUT2D eigenvalue weighted by atomic mass is 16.2. The van der Waals surface area contributed by atoms with Gasteiger partial charge in [0.05, 0.1) is 0 Å². The fraction of sp³-hybridized carbons (Fsp3) is 0.864. The molecule has 1 radical (unpaired) electrons. The molecular weight excluding hydrogens is 340 g/mol. The molecule has 157 valence electrons. The Labute approximate surface area is 166 Å². The molecule has 0 heterocycles. The topological polar surface area (TPSA) is 75.3 Å². The zero-order valence-electron chi connectivity index (χ0n) is 17.5. The molecule has 0 aromatic heterocycles. The summed E-state index contributed by atoms with van der Waals surface area (Å²) in [5.41, 5.74) is 0. The summed E-state index contributed by atoms with van der Waals surface area (Å²) in [7, 11) is 0. The van der Waals surface area contributed by atoms with E-state index in [1.807, 2.05) is 0 Å². The Morgan fingerprint density at radius 1 is 0.630 bits per heavy atom. The normalized spacial score (nSPS) is 10.6. The van der Waals surface area contributed by atoms with Crippen molar-refractivity contribution in [1.82, 2.24) is 10.6 Å². The van der Waals surface area contributed by atoms with Crippen LogP contribution in [0.15, 0.2) is 0 Å². The van der Waals surface area contributed by atoms with E-state index in [0.717, 1.165) is 12.8 Å². The SMILES string of the molecule is CCCCCCCCCCCCCCCC(=O)NCCC(=O)NCC[C]=O. The molecule has 0 fully saturated rings.